The van der Waals surface area contributed by atoms with E-state index in [1.165, 1.54) is 12.1 Å². The minimum Gasteiger partial charge on any atom is -0.487 e. The van der Waals surface area contributed by atoms with Crippen LogP contribution in [0.2, 0.25) is 0 Å². The van der Waals surface area contributed by atoms with Gasteiger partial charge in [-0.3, -0.25) is 4.79 Å². The Morgan fingerprint density at radius 1 is 1.23 bits per heavy atom. The minimum atomic E-state index is -4.20. The SMILES string of the molecule is NC(=O)c1cc(N)c(NC2CCC(C(F)(F)F)CC2)cc1OCC(F)F. The molecule has 1 fully saturated rings. The van der Waals surface area contributed by atoms with Crippen LogP contribution >= 0.6 is 0 Å². The fourth-order valence-electron chi connectivity index (χ4n) is 2.97. The van der Waals surface area contributed by atoms with E-state index in [1.807, 2.05) is 0 Å². The topological polar surface area (TPSA) is 90.4 Å². The van der Waals surface area contributed by atoms with Gasteiger partial charge in [0.25, 0.3) is 12.3 Å². The van der Waals surface area contributed by atoms with Crippen molar-refractivity contribution in [1.82, 2.24) is 0 Å². The van der Waals surface area contributed by atoms with Crippen molar-refractivity contribution >= 4 is 17.3 Å². The lowest BCUT2D eigenvalue weighted by atomic mass is 9.85. The smallest absolute Gasteiger partial charge is 0.391 e. The van der Waals surface area contributed by atoms with E-state index >= 15 is 0 Å². The quantitative estimate of drug-likeness (QED) is 0.519. The minimum absolute atomic E-state index is 0.00478. The molecule has 26 heavy (non-hydrogen) atoms. The summed E-state index contributed by atoms with van der Waals surface area (Å²) in [6.45, 7) is -0.930. The number of carbonyl (C=O) groups is 1. The third-order valence-corrected chi connectivity index (χ3v) is 4.33. The monoisotopic (exact) mass is 381 g/mol. The summed E-state index contributed by atoms with van der Waals surface area (Å²) >= 11 is 0. The number of anilines is 2. The van der Waals surface area contributed by atoms with Crippen LogP contribution < -0.4 is 21.5 Å². The summed E-state index contributed by atoms with van der Waals surface area (Å²) in [6, 6.07) is 2.22. The number of primary amides is 1. The Hall–Kier alpha value is -2.26. The fraction of sp³-hybridized carbons (Fsp3) is 0.562. The van der Waals surface area contributed by atoms with Gasteiger partial charge in [0.15, 0.2) is 0 Å². The molecule has 1 amide bonds. The molecule has 0 bridgehead atoms. The van der Waals surface area contributed by atoms with E-state index in [2.05, 4.69) is 5.32 Å². The Labute approximate surface area is 146 Å². The largest absolute Gasteiger partial charge is 0.487 e. The van der Waals surface area contributed by atoms with Crippen LogP contribution in [0.5, 0.6) is 5.75 Å². The maximum Gasteiger partial charge on any atom is 0.391 e. The highest BCUT2D eigenvalue weighted by Crippen LogP contribution is 2.39. The summed E-state index contributed by atoms with van der Waals surface area (Å²) in [5.74, 6) is -2.36. The Morgan fingerprint density at radius 3 is 2.35 bits per heavy atom. The van der Waals surface area contributed by atoms with Gasteiger partial charge in [-0.2, -0.15) is 13.2 Å². The summed E-state index contributed by atoms with van der Waals surface area (Å²) in [4.78, 5) is 11.4. The molecule has 0 unspecified atom stereocenters. The third kappa shape index (κ3) is 5.12. The van der Waals surface area contributed by atoms with Crippen LogP contribution in [-0.4, -0.2) is 31.2 Å². The Morgan fingerprint density at radius 2 is 1.85 bits per heavy atom. The summed E-state index contributed by atoms with van der Waals surface area (Å²) in [6.07, 6.45) is -6.39. The van der Waals surface area contributed by atoms with Gasteiger partial charge in [-0.15, -0.1) is 0 Å². The number of carbonyl (C=O) groups excluding carboxylic acids is 1. The molecule has 0 atom stereocenters. The van der Waals surface area contributed by atoms with Crippen molar-refractivity contribution in [2.24, 2.45) is 11.7 Å². The van der Waals surface area contributed by atoms with E-state index in [4.69, 9.17) is 16.2 Å². The van der Waals surface area contributed by atoms with E-state index in [0.29, 0.717) is 5.69 Å². The molecule has 0 spiro atoms. The van der Waals surface area contributed by atoms with Crippen LogP contribution in [0.15, 0.2) is 12.1 Å². The van der Waals surface area contributed by atoms with E-state index in [1.54, 1.807) is 0 Å². The van der Waals surface area contributed by atoms with Crippen LogP contribution in [0, 0.1) is 5.92 Å². The highest BCUT2D eigenvalue weighted by molar-refractivity contribution is 5.98. The van der Waals surface area contributed by atoms with Gasteiger partial charge >= 0.3 is 6.18 Å². The summed E-state index contributed by atoms with van der Waals surface area (Å²) in [7, 11) is 0. The molecule has 1 aliphatic carbocycles. The molecule has 2 rings (SSSR count). The van der Waals surface area contributed by atoms with E-state index in [-0.39, 0.29) is 48.7 Å². The zero-order valence-electron chi connectivity index (χ0n) is 13.8. The van der Waals surface area contributed by atoms with Crippen molar-refractivity contribution in [1.29, 1.82) is 0 Å². The second kappa shape index (κ2) is 7.96. The van der Waals surface area contributed by atoms with E-state index < -0.39 is 31.0 Å². The van der Waals surface area contributed by atoms with Crippen LogP contribution in [0.1, 0.15) is 36.0 Å². The first-order valence-electron chi connectivity index (χ1n) is 8.05. The van der Waals surface area contributed by atoms with E-state index in [9.17, 15) is 26.7 Å². The predicted octanol–water partition coefficient (Wildman–Crippen LogP) is 3.54. The van der Waals surface area contributed by atoms with Crippen molar-refractivity contribution in [3.05, 3.63) is 17.7 Å². The molecule has 5 nitrogen and oxygen atoms in total. The molecule has 1 aromatic carbocycles. The summed E-state index contributed by atoms with van der Waals surface area (Å²) in [5.41, 5.74) is 11.3. The average molecular weight is 381 g/mol. The van der Waals surface area contributed by atoms with Crippen LogP contribution in [0.3, 0.4) is 0 Å². The first-order chi connectivity index (χ1) is 12.1. The van der Waals surface area contributed by atoms with Crippen molar-refractivity contribution in [2.75, 3.05) is 17.7 Å². The summed E-state index contributed by atoms with van der Waals surface area (Å²) in [5, 5.41) is 3.00. The van der Waals surface area contributed by atoms with Gasteiger partial charge in [0, 0.05) is 12.1 Å². The molecule has 1 saturated carbocycles. The van der Waals surface area contributed by atoms with Crippen molar-refractivity contribution in [3.63, 3.8) is 0 Å². The van der Waals surface area contributed by atoms with Gasteiger partial charge in [0.2, 0.25) is 0 Å². The second-order valence-corrected chi connectivity index (χ2v) is 6.24. The van der Waals surface area contributed by atoms with Gasteiger partial charge in [-0.05, 0) is 31.7 Å². The Balaban J connectivity index is 2.12. The van der Waals surface area contributed by atoms with Gasteiger partial charge in [-0.1, -0.05) is 0 Å². The standard InChI is InChI=1S/C16H20F5N3O2/c17-14(18)7-26-13-6-12(11(22)5-10(13)15(23)25)24-9-3-1-8(2-4-9)16(19,20)21/h5-6,8-9,14,24H,1-4,7,22H2,(H2,23,25). The molecular weight excluding hydrogens is 361 g/mol. The molecule has 0 radical (unpaired) electrons. The number of rotatable bonds is 6. The molecule has 146 valence electrons. The lowest BCUT2D eigenvalue weighted by molar-refractivity contribution is -0.182. The fourth-order valence-corrected chi connectivity index (χ4v) is 2.97. The van der Waals surface area contributed by atoms with Crippen LogP contribution in [-0.2, 0) is 0 Å². The molecule has 0 heterocycles. The zero-order chi connectivity index (χ0) is 19.5. The van der Waals surface area contributed by atoms with Crippen molar-refractivity contribution in [2.45, 2.75) is 44.3 Å². The number of nitrogens with two attached hydrogens (primary N) is 2. The molecule has 0 saturated heterocycles. The summed E-state index contributed by atoms with van der Waals surface area (Å²) < 4.78 is 67.8. The molecule has 0 aliphatic heterocycles. The van der Waals surface area contributed by atoms with Gasteiger partial charge in [-0.25, -0.2) is 8.78 Å². The lowest BCUT2D eigenvalue weighted by Crippen LogP contribution is -2.33. The first kappa shape index (κ1) is 20.1. The number of hydrogen-bond donors (Lipinski definition) is 3. The number of nitrogen functional groups attached to an aromatic ring is 1. The number of alkyl halides is 5. The molecule has 1 aliphatic rings. The van der Waals surface area contributed by atoms with Gasteiger partial charge in [0.1, 0.15) is 12.4 Å². The number of benzene rings is 1. The number of hydrogen-bond acceptors (Lipinski definition) is 4. The van der Waals surface area contributed by atoms with Gasteiger partial charge < -0.3 is 21.5 Å². The van der Waals surface area contributed by atoms with Crippen molar-refractivity contribution < 1.29 is 31.5 Å². The normalized spacial score (nSPS) is 20.8. The van der Waals surface area contributed by atoms with Gasteiger partial charge in [0.05, 0.1) is 22.9 Å². The highest BCUT2D eigenvalue weighted by atomic mass is 19.4. The van der Waals surface area contributed by atoms with E-state index in [0.717, 1.165) is 0 Å². The molecule has 1 aromatic rings. The molecule has 0 aromatic heterocycles. The number of nitrogens with one attached hydrogen (secondary N) is 1. The maximum absolute atomic E-state index is 12.7. The third-order valence-electron chi connectivity index (χ3n) is 4.33. The highest BCUT2D eigenvalue weighted by Gasteiger charge is 2.41. The average Bonchev–Trinajstić information content (AvgIpc) is 2.54. The first-order valence-corrected chi connectivity index (χ1v) is 8.05. The predicted molar refractivity (Wildman–Crippen MR) is 86.3 cm³/mol. The number of amides is 1. The molecule has 10 heteroatoms. The van der Waals surface area contributed by atoms with Crippen LogP contribution in [0.25, 0.3) is 0 Å². The second-order valence-electron chi connectivity index (χ2n) is 6.24. The van der Waals surface area contributed by atoms with Crippen molar-refractivity contribution in [3.8, 4) is 5.75 Å². The number of halogens is 5. The molecular formula is C16H20F5N3O2. The maximum atomic E-state index is 12.7. The molecule has 5 N–H and O–H groups in total. The Bertz CT molecular complexity index is 644. The van der Waals surface area contributed by atoms with Crippen LogP contribution in [0.4, 0.5) is 33.3 Å². The Kier molecular flexibility index (Phi) is 6.14. The lowest BCUT2D eigenvalue weighted by Gasteiger charge is -2.31. The zero-order valence-corrected chi connectivity index (χ0v) is 13.8. The number of ether oxygens (including phenoxy) is 1.